The van der Waals surface area contributed by atoms with Gasteiger partial charge in [-0.25, -0.2) is 4.79 Å². The first-order valence-electron chi connectivity index (χ1n) is 6.84. The van der Waals surface area contributed by atoms with Crippen LogP contribution in [0.4, 0.5) is 0 Å². The Hall–Kier alpha value is -1.47. The summed E-state index contributed by atoms with van der Waals surface area (Å²) < 4.78 is 0. The number of hydrogen-bond acceptors (Lipinski definition) is 5. The van der Waals surface area contributed by atoms with Gasteiger partial charge in [-0.1, -0.05) is 49.0 Å². The van der Waals surface area contributed by atoms with Crippen LogP contribution in [-0.2, 0) is 9.59 Å². The largest absolute Gasteiger partial charge is 0.480 e. The van der Waals surface area contributed by atoms with Crippen LogP contribution in [0.15, 0.2) is 30.3 Å². The zero-order valence-corrected chi connectivity index (χ0v) is 13.7. The maximum atomic E-state index is 12.3. The number of amides is 1. The van der Waals surface area contributed by atoms with Gasteiger partial charge in [0.05, 0.1) is 5.88 Å². The van der Waals surface area contributed by atoms with Crippen LogP contribution in [0.25, 0.3) is 0 Å². The van der Waals surface area contributed by atoms with Gasteiger partial charge in [0.1, 0.15) is 6.04 Å². The zero-order valence-electron chi connectivity index (χ0n) is 12.1. The van der Waals surface area contributed by atoms with Gasteiger partial charge in [0.25, 0.3) is 0 Å². The van der Waals surface area contributed by atoms with Gasteiger partial charge >= 0.3 is 5.97 Å². The third kappa shape index (κ3) is 4.04. The Morgan fingerprint density at radius 2 is 2.05 bits per heavy atom. The molecule has 0 saturated carbocycles. The van der Waals surface area contributed by atoms with E-state index in [1.165, 1.54) is 16.7 Å². The van der Waals surface area contributed by atoms with Crippen molar-refractivity contribution in [1.82, 2.24) is 4.90 Å². The maximum absolute atomic E-state index is 12.3. The number of carboxylic acid groups (broad SMARTS) is 1. The highest BCUT2D eigenvalue weighted by Gasteiger charge is 2.36. The van der Waals surface area contributed by atoms with Gasteiger partial charge in [0, 0.05) is 23.0 Å². The molecule has 0 aromatic heterocycles. The first-order valence-corrected chi connectivity index (χ1v) is 8.98. The average Bonchev–Trinajstić information content (AvgIpc) is 3.02. The van der Waals surface area contributed by atoms with Crippen molar-refractivity contribution in [3.63, 3.8) is 0 Å². The molecule has 5 nitrogen and oxygen atoms in total. The van der Waals surface area contributed by atoms with Crippen LogP contribution in [0.1, 0.15) is 17.3 Å². The van der Waals surface area contributed by atoms with E-state index in [9.17, 15) is 14.4 Å². The Morgan fingerprint density at radius 3 is 2.68 bits per heavy atom. The fraction of sp³-hybridized carbons (Fsp3) is 0.400. The van der Waals surface area contributed by atoms with Crippen molar-refractivity contribution in [2.24, 2.45) is 5.92 Å². The van der Waals surface area contributed by atoms with Crippen molar-refractivity contribution in [3.8, 4) is 0 Å². The summed E-state index contributed by atoms with van der Waals surface area (Å²) in [7, 11) is 0. The minimum Gasteiger partial charge on any atom is -0.480 e. The summed E-state index contributed by atoms with van der Waals surface area (Å²) in [5.41, 5.74) is 0.604. The topological polar surface area (TPSA) is 74.7 Å². The van der Waals surface area contributed by atoms with Crippen LogP contribution in [0.2, 0.25) is 0 Å². The lowest BCUT2D eigenvalue weighted by molar-refractivity contribution is -0.148. The Bertz CT molecular complexity index is 564. The first kappa shape index (κ1) is 16.9. The van der Waals surface area contributed by atoms with Crippen LogP contribution < -0.4 is 0 Å². The molecule has 0 aliphatic carbocycles. The minimum atomic E-state index is -0.974. The fourth-order valence-corrected chi connectivity index (χ4v) is 4.08. The highest BCUT2D eigenvalue weighted by atomic mass is 32.2. The van der Waals surface area contributed by atoms with Gasteiger partial charge in [-0.2, -0.15) is 0 Å². The third-order valence-corrected chi connectivity index (χ3v) is 5.52. The number of carbonyl (C=O) groups excluding carboxylic acids is 2. The molecule has 1 fully saturated rings. The molecule has 0 spiro atoms. The van der Waals surface area contributed by atoms with Gasteiger partial charge in [0.15, 0.2) is 0 Å². The van der Waals surface area contributed by atoms with Gasteiger partial charge in [-0.15, -0.1) is 11.8 Å². The lowest BCUT2D eigenvalue weighted by Gasteiger charge is -2.23. The van der Waals surface area contributed by atoms with Crippen LogP contribution in [0, 0.1) is 5.92 Å². The van der Waals surface area contributed by atoms with E-state index < -0.39 is 17.9 Å². The molecule has 1 N–H and O–H groups in total. The van der Waals surface area contributed by atoms with E-state index in [-0.39, 0.29) is 11.0 Å². The van der Waals surface area contributed by atoms with Crippen molar-refractivity contribution >= 4 is 40.5 Å². The predicted molar refractivity (Wildman–Crippen MR) is 88.0 cm³/mol. The molecule has 118 valence electrons. The highest BCUT2D eigenvalue weighted by molar-refractivity contribution is 8.14. The molecule has 2 rings (SSSR count). The summed E-state index contributed by atoms with van der Waals surface area (Å²) in [6.45, 7) is 1.73. The van der Waals surface area contributed by atoms with E-state index in [0.29, 0.717) is 22.9 Å². The van der Waals surface area contributed by atoms with E-state index >= 15 is 0 Å². The van der Waals surface area contributed by atoms with Crippen molar-refractivity contribution in [3.05, 3.63) is 35.9 Å². The molecule has 1 saturated heterocycles. The standard InChI is InChI=1S/C15H17NO4S2/c1-10(7-22-15(20)11-5-3-2-4-6-11)13(17)16-9-21-8-12(16)14(18)19/h2-6,10,12H,7-9H2,1H3,(H,18,19)/t10-,12-/m0/s1. The molecule has 0 unspecified atom stereocenters. The molecule has 1 amide bonds. The monoisotopic (exact) mass is 339 g/mol. The van der Waals surface area contributed by atoms with E-state index in [1.54, 1.807) is 31.2 Å². The number of aliphatic carboxylic acids is 1. The number of benzene rings is 1. The predicted octanol–water partition coefficient (Wildman–Crippen LogP) is 2.18. The van der Waals surface area contributed by atoms with E-state index in [0.717, 1.165) is 11.8 Å². The molecule has 0 radical (unpaired) electrons. The quantitative estimate of drug-likeness (QED) is 0.886. The second kappa shape index (κ2) is 7.69. The summed E-state index contributed by atoms with van der Waals surface area (Å²) in [5, 5.41) is 9.04. The molecule has 2 atom stereocenters. The van der Waals surface area contributed by atoms with Gasteiger partial charge in [-0.05, 0) is 0 Å². The Balaban J connectivity index is 1.89. The van der Waals surface area contributed by atoms with Crippen molar-refractivity contribution in [2.45, 2.75) is 13.0 Å². The van der Waals surface area contributed by atoms with Crippen molar-refractivity contribution in [2.75, 3.05) is 17.4 Å². The summed E-state index contributed by atoms with van der Waals surface area (Å²) in [6.07, 6.45) is 0. The van der Waals surface area contributed by atoms with Gasteiger partial charge in [0.2, 0.25) is 11.0 Å². The lowest BCUT2D eigenvalue weighted by Crippen LogP contribution is -2.44. The third-order valence-electron chi connectivity index (χ3n) is 3.35. The minimum absolute atomic E-state index is 0.0779. The molecule has 0 bridgehead atoms. The van der Waals surface area contributed by atoms with E-state index in [4.69, 9.17) is 5.11 Å². The van der Waals surface area contributed by atoms with E-state index in [2.05, 4.69) is 0 Å². The number of carboxylic acids is 1. The van der Waals surface area contributed by atoms with Crippen LogP contribution in [0.3, 0.4) is 0 Å². The van der Waals surface area contributed by atoms with Crippen molar-refractivity contribution < 1.29 is 19.5 Å². The molecule has 1 aromatic carbocycles. The Labute approximate surface area is 137 Å². The second-order valence-corrected chi connectivity index (χ2v) is 7.02. The molecule has 7 heteroatoms. The highest BCUT2D eigenvalue weighted by Crippen LogP contribution is 2.25. The number of nitrogens with zero attached hydrogens (tertiary/aromatic N) is 1. The molecule has 1 aromatic rings. The first-order chi connectivity index (χ1) is 10.5. The van der Waals surface area contributed by atoms with Crippen LogP contribution >= 0.6 is 23.5 Å². The molecular weight excluding hydrogens is 322 g/mol. The Morgan fingerprint density at radius 1 is 1.36 bits per heavy atom. The fourth-order valence-electron chi connectivity index (χ4n) is 2.08. The number of thioether (sulfide) groups is 2. The smallest absolute Gasteiger partial charge is 0.327 e. The van der Waals surface area contributed by atoms with Crippen molar-refractivity contribution in [1.29, 1.82) is 0 Å². The molecule has 22 heavy (non-hydrogen) atoms. The summed E-state index contributed by atoms with van der Waals surface area (Å²) in [4.78, 5) is 36.9. The Kier molecular flexibility index (Phi) is 5.90. The molecule has 1 aliphatic heterocycles. The average molecular weight is 339 g/mol. The van der Waals surface area contributed by atoms with Crippen LogP contribution in [-0.4, -0.2) is 50.4 Å². The molecule has 1 aliphatic rings. The number of hydrogen-bond donors (Lipinski definition) is 1. The maximum Gasteiger partial charge on any atom is 0.327 e. The zero-order chi connectivity index (χ0) is 16.1. The summed E-state index contributed by atoms with van der Waals surface area (Å²) in [5.74, 6) is -0.399. The van der Waals surface area contributed by atoms with Crippen LogP contribution in [0.5, 0.6) is 0 Å². The number of rotatable bonds is 5. The van der Waals surface area contributed by atoms with Gasteiger partial charge < -0.3 is 10.0 Å². The summed E-state index contributed by atoms with van der Waals surface area (Å²) in [6, 6.07) is 8.14. The molecule has 1 heterocycles. The lowest BCUT2D eigenvalue weighted by atomic mass is 10.1. The SMILES string of the molecule is C[C@@H](CSC(=O)c1ccccc1)C(=O)N1CSC[C@H]1C(=O)O. The number of carbonyl (C=O) groups is 3. The normalized spacial score (nSPS) is 19.0. The summed E-state index contributed by atoms with van der Waals surface area (Å²) >= 11 is 2.53. The van der Waals surface area contributed by atoms with Gasteiger partial charge in [-0.3, -0.25) is 9.59 Å². The van der Waals surface area contributed by atoms with E-state index in [1.807, 2.05) is 6.07 Å². The molecular formula is C15H17NO4S2. The second-order valence-electron chi connectivity index (χ2n) is 5.03.